The molecule has 0 aliphatic heterocycles. The number of ether oxygens (including phenoxy) is 1. The second kappa shape index (κ2) is 5.24. The smallest absolute Gasteiger partial charge is 0.160 e. The molecular weight excluding hydrogens is 250 g/mol. The van der Waals surface area contributed by atoms with Gasteiger partial charge in [-0.3, -0.25) is 0 Å². The Balaban J connectivity index is 2.42. The third-order valence-corrected chi connectivity index (χ3v) is 3.02. The zero-order valence-corrected chi connectivity index (χ0v) is 11.7. The van der Waals surface area contributed by atoms with Crippen molar-refractivity contribution in [3.8, 4) is 0 Å². The highest BCUT2D eigenvalue weighted by Crippen LogP contribution is 2.20. The number of hydrogen-bond donors (Lipinski definition) is 0. The molecule has 0 spiro atoms. The van der Waals surface area contributed by atoms with Crippen LogP contribution in [0.3, 0.4) is 0 Å². The molecule has 0 radical (unpaired) electrons. The molecule has 0 unspecified atom stereocenters. The van der Waals surface area contributed by atoms with Gasteiger partial charge in [-0.15, -0.1) is 11.6 Å². The number of pyridine rings is 1. The van der Waals surface area contributed by atoms with Crippen LogP contribution in [0.15, 0.2) is 18.3 Å². The maximum Gasteiger partial charge on any atom is 0.160 e. The Bertz CT molecular complexity index is 536. The molecule has 0 saturated carbocycles. The fourth-order valence-corrected chi connectivity index (χ4v) is 2.29. The second-order valence-electron chi connectivity index (χ2n) is 4.79. The van der Waals surface area contributed by atoms with Crippen LogP contribution in [-0.4, -0.2) is 26.7 Å². The Morgan fingerprint density at radius 1 is 1.44 bits per heavy atom. The van der Waals surface area contributed by atoms with Crippen molar-refractivity contribution in [2.24, 2.45) is 0 Å². The number of alkyl halides is 1. The molecule has 2 rings (SSSR count). The van der Waals surface area contributed by atoms with Gasteiger partial charge in [-0.2, -0.15) is 0 Å². The van der Waals surface area contributed by atoms with E-state index in [1.54, 1.807) is 6.20 Å². The van der Waals surface area contributed by atoms with Crippen molar-refractivity contribution >= 4 is 22.8 Å². The molecule has 98 valence electrons. The lowest BCUT2D eigenvalue weighted by atomic mass is 10.1. The van der Waals surface area contributed by atoms with Crippen LogP contribution >= 0.6 is 11.6 Å². The number of halogens is 1. The fraction of sp³-hybridized carbons (Fsp3) is 0.538. The molecule has 0 aliphatic carbocycles. The molecule has 0 aliphatic rings. The third kappa shape index (κ3) is 2.65. The molecule has 0 saturated heterocycles. The Morgan fingerprint density at radius 2 is 2.22 bits per heavy atom. The van der Waals surface area contributed by atoms with Gasteiger partial charge in [0.15, 0.2) is 5.65 Å². The minimum absolute atomic E-state index is 0.263. The first kappa shape index (κ1) is 13.3. The maximum absolute atomic E-state index is 5.96. The highest BCUT2D eigenvalue weighted by atomic mass is 35.5. The van der Waals surface area contributed by atoms with Crippen molar-refractivity contribution in [3.63, 3.8) is 0 Å². The van der Waals surface area contributed by atoms with Crippen LogP contribution in [0.4, 0.5) is 0 Å². The lowest BCUT2D eigenvalue weighted by Gasteiger charge is -2.25. The van der Waals surface area contributed by atoms with Gasteiger partial charge in [-0.1, -0.05) is 0 Å². The highest BCUT2D eigenvalue weighted by molar-refractivity contribution is 6.16. The van der Waals surface area contributed by atoms with Crippen LogP contribution in [0.5, 0.6) is 0 Å². The van der Waals surface area contributed by atoms with Crippen molar-refractivity contribution in [2.75, 3.05) is 6.61 Å². The standard InChI is InChI=1S/C13H18ClN3O/c1-4-18-13(2,3)9-17-11(8-14)16-10-6-5-7-15-12(10)17/h5-7H,4,8-9H2,1-3H3. The molecule has 0 N–H and O–H groups in total. The van der Waals surface area contributed by atoms with Crippen molar-refractivity contribution in [3.05, 3.63) is 24.2 Å². The first-order valence-corrected chi connectivity index (χ1v) is 6.61. The van der Waals surface area contributed by atoms with Gasteiger partial charge in [-0.25, -0.2) is 9.97 Å². The van der Waals surface area contributed by atoms with Gasteiger partial charge >= 0.3 is 0 Å². The average molecular weight is 268 g/mol. The van der Waals surface area contributed by atoms with E-state index in [1.807, 2.05) is 23.6 Å². The van der Waals surface area contributed by atoms with Crippen molar-refractivity contribution in [1.82, 2.24) is 14.5 Å². The summed E-state index contributed by atoms with van der Waals surface area (Å²) in [6, 6.07) is 3.83. The molecule has 4 nitrogen and oxygen atoms in total. The Hall–Kier alpha value is -1.13. The molecule has 0 aromatic carbocycles. The number of imidazole rings is 1. The van der Waals surface area contributed by atoms with Crippen LogP contribution in [0, 0.1) is 0 Å². The van der Waals surface area contributed by atoms with Crippen molar-refractivity contribution < 1.29 is 4.74 Å². The summed E-state index contributed by atoms with van der Waals surface area (Å²) in [7, 11) is 0. The van der Waals surface area contributed by atoms with Crippen molar-refractivity contribution in [1.29, 1.82) is 0 Å². The summed E-state index contributed by atoms with van der Waals surface area (Å²) in [5.74, 6) is 1.21. The Labute approximate surface area is 112 Å². The van der Waals surface area contributed by atoms with Gasteiger partial charge in [0.1, 0.15) is 11.3 Å². The molecular formula is C13H18ClN3O. The van der Waals surface area contributed by atoms with E-state index in [1.165, 1.54) is 0 Å². The van der Waals surface area contributed by atoms with Crippen molar-refractivity contribution in [2.45, 2.75) is 38.8 Å². The number of nitrogens with zero attached hydrogens (tertiary/aromatic N) is 3. The van der Waals surface area contributed by atoms with E-state index in [0.29, 0.717) is 19.0 Å². The monoisotopic (exact) mass is 267 g/mol. The van der Waals surface area contributed by atoms with Crippen LogP contribution < -0.4 is 0 Å². The largest absolute Gasteiger partial charge is 0.374 e. The Kier molecular flexibility index (Phi) is 3.88. The summed E-state index contributed by atoms with van der Waals surface area (Å²) >= 11 is 5.96. The van der Waals surface area contributed by atoms with Gasteiger partial charge < -0.3 is 9.30 Å². The second-order valence-corrected chi connectivity index (χ2v) is 5.05. The fourth-order valence-electron chi connectivity index (χ4n) is 2.09. The van der Waals surface area contributed by atoms with Crippen LogP contribution in [0.1, 0.15) is 26.6 Å². The van der Waals surface area contributed by atoms with Gasteiger partial charge in [0.05, 0.1) is 18.0 Å². The summed E-state index contributed by atoms with van der Waals surface area (Å²) < 4.78 is 7.77. The van der Waals surface area contributed by atoms with E-state index in [9.17, 15) is 0 Å². The number of rotatable bonds is 5. The minimum atomic E-state index is -0.263. The van der Waals surface area contributed by atoms with Gasteiger partial charge in [0.25, 0.3) is 0 Å². The highest BCUT2D eigenvalue weighted by Gasteiger charge is 2.22. The first-order chi connectivity index (χ1) is 8.57. The molecule has 5 heteroatoms. The first-order valence-electron chi connectivity index (χ1n) is 6.07. The van der Waals surface area contributed by atoms with Crippen LogP contribution in [0.2, 0.25) is 0 Å². The molecule has 2 aromatic heterocycles. The molecule has 0 fully saturated rings. The van der Waals surface area contributed by atoms with Gasteiger partial charge in [-0.05, 0) is 32.9 Å². The van der Waals surface area contributed by atoms with Gasteiger partial charge in [0, 0.05) is 12.8 Å². The quantitative estimate of drug-likeness (QED) is 0.782. The summed E-state index contributed by atoms with van der Waals surface area (Å²) in [6.45, 7) is 7.49. The van der Waals surface area contributed by atoms with E-state index in [2.05, 4.69) is 23.8 Å². The number of fused-ring (bicyclic) bond motifs is 1. The molecule has 0 atom stereocenters. The predicted molar refractivity (Wildman–Crippen MR) is 72.8 cm³/mol. The third-order valence-electron chi connectivity index (χ3n) is 2.78. The summed E-state index contributed by atoms with van der Waals surface area (Å²) in [5, 5.41) is 0. The minimum Gasteiger partial charge on any atom is -0.374 e. The SMILES string of the molecule is CCOC(C)(C)Cn1c(CCl)nc2cccnc21. The summed E-state index contributed by atoms with van der Waals surface area (Å²) in [5.41, 5.74) is 1.47. The Morgan fingerprint density at radius 3 is 2.89 bits per heavy atom. The number of hydrogen-bond acceptors (Lipinski definition) is 3. The average Bonchev–Trinajstić information content (AvgIpc) is 2.67. The van der Waals surface area contributed by atoms with E-state index < -0.39 is 0 Å². The van der Waals surface area contributed by atoms with E-state index in [-0.39, 0.29) is 5.60 Å². The summed E-state index contributed by atoms with van der Waals surface area (Å²) in [4.78, 5) is 8.87. The van der Waals surface area contributed by atoms with E-state index in [4.69, 9.17) is 16.3 Å². The summed E-state index contributed by atoms with van der Waals surface area (Å²) in [6.07, 6.45) is 1.77. The molecule has 2 aromatic rings. The maximum atomic E-state index is 5.96. The molecule has 2 heterocycles. The normalized spacial score (nSPS) is 12.2. The predicted octanol–water partition coefficient (Wildman–Crippen LogP) is 2.99. The van der Waals surface area contributed by atoms with E-state index in [0.717, 1.165) is 17.0 Å². The number of aromatic nitrogens is 3. The molecule has 18 heavy (non-hydrogen) atoms. The zero-order valence-electron chi connectivity index (χ0n) is 11.0. The zero-order chi connectivity index (χ0) is 13.2. The molecule has 0 amide bonds. The van der Waals surface area contributed by atoms with Crippen LogP contribution in [0.25, 0.3) is 11.2 Å². The van der Waals surface area contributed by atoms with Gasteiger partial charge in [0.2, 0.25) is 0 Å². The lowest BCUT2D eigenvalue weighted by molar-refractivity contribution is -0.0221. The lowest BCUT2D eigenvalue weighted by Crippen LogP contribution is -2.31. The van der Waals surface area contributed by atoms with Crippen LogP contribution in [-0.2, 0) is 17.2 Å². The molecule has 0 bridgehead atoms. The topological polar surface area (TPSA) is 39.9 Å². The van der Waals surface area contributed by atoms with E-state index >= 15 is 0 Å².